The molecule has 2 bridgehead atoms. The van der Waals surface area contributed by atoms with Crippen LogP contribution in [0.4, 0.5) is 5.82 Å². The van der Waals surface area contributed by atoms with Crippen LogP contribution in [-0.2, 0) is 5.60 Å². The first-order valence-electron chi connectivity index (χ1n) is 8.01. The molecule has 0 saturated carbocycles. The lowest BCUT2D eigenvalue weighted by atomic mass is 9.80. The fourth-order valence-corrected chi connectivity index (χ4v) is 4.16. The summed E-state index contributed by atoms with van der Waals surface area (Å²) in [5, 5.41) is 11.2. The number of aliphatic hydroxyl groups is 1. The maximum absolute atomic E-state index is 11.2. The van der Waals surface area contributed by atoms with E-state index in [2.05, 4.69) is 14.9 Å². The maximum Gasteiger partial charge on any atom is 0.147 e. The van der Waals surface area contributed by atoms with Crippen LogP contribution in [0.15, 0.2) is 42.7 Å². The van der Waals surface area contributed by atoms with Gasteiger partial charge < -0.3 is 10.0 Å². The molecule has 1 N–H and O–H groups in total. The summed E-state index contributed by atoms with van der Waals surface area (Å²) in [5.74, 6) is 0.961. The number of aryl methyl sites for hydroxylation is 1. The molecule has 0 radical (unpaired) electrons. The third-order valence-electron chi connectivity index (χ3n) is 5.08. The fraction of sp³-hybridized carbons (Fsp3) is 0.444. The van der Waals surface area contributed by atoms with Crippen LogP contribution in [0.1, 0.15) is 36.9 Å². The molecule has 4 nitrogen and oxygen atoms in total. The normalized spacial score (nSPS) is 30.5. The van der Waals surface area contributed by atoms with Crippen molar-refractivity contribution in [1.82, 2.24) is 9.97 Å². The number of anilines is 1. The molecule has 2 fully saturated rings. The summed E-state index contributed by atoms with van der Waals surface area (Å²) in [7, 11) is 0. The van der Waals surface area contributed by atoms with E-state index in [4.69, 9.17) is 0 Å². The first-order chi connectivity index (χ1) is 10.7. The van der Waals surface area contributed by atoms with Crippen LogP contribution in [0.2, 0.25) is 0 Å². The van der Waals surface area contributed by atoms with Gasteiger partial charge in [-0.25, -0.2) is 4.98 Å². The highest BCUT2D eigenvalue weighted by molar-refractivity contribution is 5.44. The first kappa shape index (κ1) is 13.7. The molecule has 22 heavy (non-hydrogen) atoms. The number of nitrogens with zero attached hydrogens (tertiary/aromatic N) is 3. The molecule has 0 spiro atoms. The van der Waals surface area contributed by atoms with Crippen molar-refractivity contribution in [3.05, 3.63) is 54.0 Å². The molecule has 2 aliphatic heterocycles. The monoisotopic (exact) mass is 295 g/mol. The number of rotatable bonds is 2. The van der Waals surface area contributed by atoms with E-state index in [1.165, 1.54) is 0 Å². The van der Waals surface area contributed by atoms with Crippen molar-refractivity contribution >= 4 is 5.82 Å². The molecular formula is C18H21N3O. The Morgan fingerprint density at radius 2 is 1.77 bits per heavy atom. The SMILES string of the molecule is Cc1cncc(N2C3CCC2CC(O)(c2ccccc2)C3)n1. The minimum Gasteiger partial charge on any atom is -0.385 e. The third kappa shape index (κ3) is 2.18. The largest absolute Gasteiger partial charge is 0.385 e. The number of fused-ring (bicyclic) bond motifs is 2. The van der Waals surface area contributed by atoms with E-state index in [0.717, 1.165) is 42.8 Å². The summed E-state index contributed by atoms with van der Waals surface area (Å²) >= 11 is 0. The Morgan fingerprint density at radius 1 is 1.09 bits per heavy atom. The van der Waals surface area contributed by atoms with Gasteiger partial charge in [-0.1, -0.05) is 30.3 Å². The molecule has 4 heteroatoms. The van der Waals surface area contributed by atoms with Gasteiger partial charge in [-0.05, 0) is 25.3 Å². The van der Waals surface area contributed by atoms with Crippen molar-refractivity contribution in [3.63, 3.8) is 0 Å². The zero-order valence-electron chi connectivity index (χ0n) is 12.8. The van der Waals surface area contributed by atoms with Gasteiger partial charge in [0, 0.05) is 31.1 Å². The van der Waals surface area contributed by atoms with Gasteiger partial charge in [0.25, 0.3) is 0 Å². The number of piperidine rings is 1. The van der Waals surface area contributed by atoms with Crippen molar-refractivity contribution in [2.45, 2.75) is 50.3 Å². The van der Waals surface area contributed by atoms with Crippen molar-refractivity contribution in [3.8, 4) is 0 Å². The summed E-state index contributed by atoms with van der Waals surface area (Å²) < 4.78 is 0. The second-order valence-electron chi connectivity index (χ2n) is 6.62. The summed E-state index contributed by atoms with van der Waals surface area (Å²) in [6, 6.07) is 10.8. The van der Waals surface area contributed by atoms with Crippen molar-refractivity contribution in [2.24, 2.45) is 0 Å². The second-order valence-corrected chi connectivity index (χ2v) is 6.62. The molecule has 1 aromatic carbocycles. The zero-order valence-corrected chi connectivity index (χ0v) is 12.8. The Bertz CT molecular complexity index is 659. The minimum atomic E-state index is -0.707. The van der Waals surface area contributed by atoms with E-state index >= 15 is 0 Å². The van der Waals surface area contributed by atoms with Crippen molar-refractivity contribution < 1.29 is 5.11 Å². The fourth-order valence-electron chi connectivity index (χ4n) is 4.16. The van der Waals surface area contributed by atoms with Gasteiger partial charge in [0.1, 0.15) is 5.82 Å². The van der Waals surface area contributed by atoms with E-state index < -0.39 is 5.60 Å². The predicted molar refractivity (Wildman–Crippen MR) is 85.6 cm³/mol. The van der Waals surface area contributed by atoms with E-state index in [-0.39, 0.29) is 0 Å². The summed E-state index contributed by atoms with van der Waals surface area (Å²) in [4.78, 5) is 11.3. The lowest BCUT2D eigenvalue weighted by Gasteiger charge is -2.44. The summed E-state index contributed by atoms with van der Waals surface area (Å²) in [6.07, 6.45) is 7.41. The van der Waals surface area contributed by atoms with Gasteiger partial charge in [0.2, 0.25) is 0 Å². The van der Waals surface area contributed by atoms with Crippen molar-refractivity contribution in [1.29, 1.82) is 0 Å². The summed E-state index contributed by atoms with van der Waals surface area (Å²) in [6.45, 7) is 1.97. The Hall–Kier alpha value is -1.94. The van der Waals surface area contributed by atoms with E-state index in [9.17, 15) is 5.11 Å². The molecule has 2 aromatic rings. The molecule has 0 amide bonds. The third-order valence-corrected chi connectivity index (χ3v) is 5.08. The minimum absolute atomic E-state index is 0.347. The Morgan fingerprint density at radius 3 is 2.41 bits per heavy atom. The van der Waals surface area contributed by atoms with Crippen LogP contribution in [-0.4, -0.2) is 27.2 Å². The molecular weight excluding hydrogens is 274 g/mol. The van der Waals surface area contributed by atoms with Crippen LogP contribution in [0, 0.1) is 6.92 Å². The van der Waals surface area contributed by atoms with Crippen molar-refractivity contribution in [2.75, 3.05) is 4.90 Å². The van der Waals surface area contributed by atoms with Crippen LogP contribution < -0.4 is 4.90 Å². The van der Waals surface area contributed by atoms with Gasteiger partial charge in [-0.15, -0.1) is 0 Å². The molecule has 3 heterocycles. The predicted octanol–water partition coefficient (Wildman–Crippen LogP) is 2.80. The second kappa shape index (κ2) is 5.06. The number of hydrogen-bond acceptors (Lipinski definition) is 4. The Labute approximate surface area is 130 Å². The van der Waals surface area contributed by atoms with Crippen LogP contribution >= 0.6 is 0 Å². The highest BCUT2D eigenvalue weighted by atomic mass is 16.3. The van der Waals surface area contributed by atoms with E-state index in [1.54, 1.807) is 6.20 Å². The van der Waals surface area contributed by atoms with Gasteiger partial charge in [-0.3, -0.25) is 4.98 Å². The van der Waals surface area contributed by atoms with Gasteiger partial charge in [0.15, 0.2) is 0 Å². The van der Waals surface area contributed by atoms with Crippen LogP contribution in [0.25, 0.3) is 0 Å². The average Bonchev–Trinajstić information content (AvgIpc) is 2.81. The Kier molecular flexibility index (Phi) is 3.15. The smallest absolute Gasteiger partial charge is 0.147 e. The molecule has 2 unspecified atom stereocenters. The lowest BCUT2D eigenvalue weighted by molar-refractivity contribution is -0.00320. The van der Waals surface area contributed by atoms with Gasteiger partial charge >= 0.3 is 0 Å². The molecule has 4 rings (SSSR count). The standard InChI is InChI=1S/C18H21N3O/c1-13-11-19-12-17(20-13)21-15-7-8-16(21)10-18(22,9-15)14-5-3-2-4-6-14/h2-6,11-12,15-16,22H,7-10H2,1H3. The van der Waals surface area contributed by atoms with Crippen LogP contribution in [0.3, 0.4) is 0 Å². The van der Waals surface area contributed by atoms with Crippen LogP contribution in [0.5, 0.6) is 0 Å². The van der Waals surface area contributed by atoms with E-state index in [0.29, 0.717) is 12.1 Å². The summed E-state index contributed by atoms with van der Waals surface area (Å²) in [5.41, 5.74) is 1.28. The molecule has 2 saturated heterocycles. The number of benzene rings is 1. The number of hydrogen-bond donors (Lipinski definition) is 1. The first-order valence-corrected chi connectivity index (χ1v) is 8.01. The number of aromatic nitrogens is 2. The molecule has 1 aromatic heterocycles. The van der Waals surface area contributed by atoms with Gasteiger partial charge in [-0.2, -0.15) is 0 Å². The molecule has 114 valence electrons. The van der Waals surface area contributed by atoms with E-state index in [1.807, 2.05) is 43.5 Å². The molecule has 0 aliphatic carbocycles. The highest BCUT2D eigenvalue weighted by Crippen LogP contribution is 2.46. The highest BCUT2D eigenvalue weighted by Gasteiger charge is 2.48. The van der Waals surface area contributed by atoms with Gasteiger partial charge in [0.05, 0.1) is 17.5 Å². The Balaban J connectivity index is 1.65. The zero-order chi connectivity index (χ0) is 15.2. The molecule has 2 atom stereocenters. The lowest BCUT2D eigenvalue weighted by Crippen LogP contribution is -2.50. The maximum atomic E-state index is 11.2. The quantitative estimate of drug-likeness (QED) is 0.925. The average molecular weight is 295 g/mol. The molecule has 2 aliphatic rings. The topological polar surface area (TPSA) is 49.2 Å².